The van der Waals surface area contributed by atoms with Crippen LogP contribution in [0.1, 0.15) is 13.3 Å². The summed E-state index contributed by atoms with van der Waals surface area (Å²) in [7, 11) is -3.91. The van der Waals surface area contributed by atoms with Crippen molar-refractivity contribution >= 4 is 33.5 Å². The Bertz CT molecular complexity index is 669. The first-order valence-corrected chi connectivity index (χ1v) is 10.1. The molecule has 156 valence electrons. The number of hydrogen-bond acceptors (Lipinski definition) is 8. The molecule has 0 fully saturated rings. The minimum atomic E-state index is -3.91. The van der Waals surface area contributed by atoms with E-state index in [2.05, 4.69) is 10.0 Å². The highest BCUT2D eigenvalue weighted by Gasteiger charge is 2.44. The maximum absolute atomic E-state index is 12.2. The molecular weight excluding hydrogens is 408 g/mol. The number of rotatable bonds is 10. The summed E-state index contributed by atoms with van der Waals surface area (Å²) in [5, 5.41) is 40.4. The summed E-state index contributed by atoms with van der Waals surface area (Å²) < 4.78 is 31.7. The summed E-state index contributed by atoms with van der Waals surface area (Å²) in [6, 6.07) is -2.55. The van der Waals surface area contributed by atoms with Gasteiger partial charge in [0.2, 0.25) is 21.7 Å². The normalized spacial score (nSPS) is 25.1. The number of aliphatic hydroxyl groups is 3. The largest absolute Gasteiger partial charge is 0.478 e. The number of nitrogens with one attached hydrogen (secondary N) is 2. The van der Waals surface area contributed by atoms with Crippen molar-refractivity contribution in [1.29, 1.82) is 0 Å². The van der Waals surface area contributed by atoms with Crippen molar-refractivity contribution in [3.8, 4) is 0 Å². The fourth-order valence-electron chi connectivity index (χ4n) is 2.49. The molecule has 0 spiro atoms. The Morgan fingerprint density at radius 3 is 2.48 bits per heavy atom. The lowest BCUT2D eigenvalue weighted by Gasteiger charge is -2.39. The Morgan fingerprint density at radius 1 is 1.37 bits per heavy atom. The fraction of sp³-hybridized carbons (Fsp3) is 0.714. The van der Waals surface area contributed by atoms with Crippen molar-refractivity contribution in [2.45, 2.75) is 43.7 Å². The number of ether oxygens (including phenoxy) is 1. The number of carboxylic acids is 1. The minimum Gasteiger partial charge on any atom is -0.478 e. The number of aliphatic carboxylic acids is 1. The van der Waals surface area contributed by atoms with Crippen LogP contribution in [-0.4, -0.2) is 89.4 Å². The van der Waals surface area contributed by atoms with E-state index in [1.165, 1.54) is 0 Å². The molecule has 0 unspecified atom stereocenters. The highest BCUT2D eigenvalue weighted by molar-refractivity contribution is 7.89. The number of carbonyl (C=O) groups is 2. The van der Waals surface area contributed by atoms with Crippen molar-refractivity contribution < 1.29 is 43.2 Å². The summed E-state index contributed by atoms with van der Waals surface area (Å²) in [6.45, 7) is 0.257. The topological polar surface area (TPSA) is 182 Å². The first-order valence-electron chi connectivity index (χ1n) is 7.94. The van der Waals surface area contributed by atoms with Crippen molar-refractivity contribution in [2.75, 3.05) is 18.2 Å². The van der Waals surface area contributed by atoms with Gasteiger partial charge in [-0.1, -0.05) is 0 Å². The third-order valence-corrected chi connectivity index (χ3v) is 5.42. The van der Waals surface area contributed by atoms with Gasteiger partial charge in [0.15, 0.2) is 0 Å². The Hall–Kier alpha value is -1.44. The zero-order chi connectivity index (χ0) is 20.8. The summed E-state index contributed by atoms with van der Waals surface area (Å²) in [5.41, 5.74) is 0. The number of carbonyl (C=O) groups excluding carboxylic acids is 1. The molecule has 0 aromatic rings. The van der Waals surface area contributed by atoms with E-state index in [1.54, 1.807) is 0 Å². The van der Waals surface area contributed by atoms with E-state index in [0.29, 0.717) is 0 Å². The molecule has 0 saturated heterocycles. The average Bonchev–Trinajstić information content (AvgIpc) is 2.59. The van der Waals surface area contributed by atoms with Crippen LogP contribution in [0.4, 0.5) is 0 Å². The van der Waals surface area contributed by atoms with Gasteiger partial charge in [0, 0.05) is 12.8 Å². The smallest absolute Gasteiger partial charge is 0.370 e. The third kappa shape index (κ3) is 6.90. The second-order valence-corrected chi connectivity index (χ2v) is 8.14. The van der Waals surface area contributed by atoms with Crippen LogP contribution < -0.4 is 10.0 Å². The molecule has 0 aromatic heterocycles. The van der Waals surface area contributed by atoms with E-state index in [0.717, 1.165) is 13.0 Å². The molecule has 1 amide bonds. The molecule has 1 rings (SSSR count). The Balaban J connectivity index is 3.28. The molecule has 6 N–H and O–H groups in total. The first kappa shape index (κ1) is 23.6. The van der Waals surface area contributed by atoms with E-state index >= 15 is 0 Å². The number of sulfonamides is 1. The molecule has 5 atom stereocenters. The summed E-state index contributed by atoms with van der Waals surface area (Å²) in [4.78, 5) is 22.8. The van der Waals surface area contributed by atoms with E-state index in [9.17, 15) is 33.3 Å². The Kier molecular flexibility index (Phi) is 8.91. The molecule has 0 saturated carbocycles. The summed E-state index contributed by atoms with van der Waals surface area (Å²) in [6.07, 6.45) is -4.00. The summed E-state index contributed by atoms with van der Waals surface area (Å²) >= 11 is 5.48. The predicted molar refractivity (Wildman–Crippen MR) is 93.3 cm³/mol. The van der Waals surface area contributed by atoms with Crippen LogP contribution in [0.2, 0.25) is 0 Å². The number of hydrogen-bond donors (Lipinski definition) is 6. The van der Waals surface area contributed by atoms with E-state index < -0.39 is 64.7 Å². The zero-order valence-corrected chi connectivity index (χ0v) is 16.0. The molecule has 0 aromatic carbocycles. The molecule has 1 aliphatic heterocycles. The maximum atomic E-state index is 12.2. The van der Waals surface area contributed by atoms with Gasteiger partial charge in [-0.05, 0) is 12.5 Å². The number of alkyl halides is 1. The molecule has 11 nitrogen and oxygen atoms in total. The lowest BCUT2D eigenvalue weighted by Crippen LogP contribution is -2.63. The van der Waals surface area contributed by atoms with Gasteiger partial charge in [-0.25, -0.2) is 17.9 Å². The van der Waals surface area contributed by atoms with Gasteiger partial charge in [0.25, 0.3) is 0 Å². The van der Waals surface area contributed by atoms with Crippen LogP contribution in [0, 0.1) is 0 Å². The molecule has 1 heterocycles. The molecule has 13 heteroatoms. The number of halogens is 1. The molecule has 0 aliphatic carbocycles. The lowest BCUT2D eigenvalue weighted by atomic mass is 9.92. The number of amides is 1. The van der Waals surface area contributed by atoms with Crippen LogP contribution in [0.3, 0.4) is 0 Å². The standard InChI is InChI=1S/C14H23ClN2O9S/c1-7(19)16-11-8(17-27(24,25)4-2-3-15)5-10(14(22)23)26-13(11)12(21)9(20)6-18/h5,8-9,11-13,17-18,20-21H,2-4,6H2,1H3,(H,16,19)(H,22,23)/t8-,9+,11+,12+,13+/m0/s1. The number of carboxylic acid groups (broad SMARTS) is 1. The first-order chi connectivity index (χ1) is 12.5. The van der Waals surface area contributed by atoms with Crippen LogP contribution in [-0.2, 0) is 24.3 Å². The predicted octanol–water partition coefficient (Wildman–Crippen LogP) is -2.51. The Labute approximate surface area is 161 Å². The molecular formula is C14H23ClN2O9S. The van der Waals surface area contributed by atoms with Gasteiger partial charge in [0.05, 0.1) is 24.4 Å². The van der Waals surface area contributed by atoms with E-state index in [-0.39, 0.29) is 18.1 Å². The van der Waals surface area contributed by atoms with Crippen molar-refractivity contribution in [1.82, 2.24) is 10.0 Å². The van der Waals surface area contributed by atoms with E-state index in [4.69, 9.17) is 21.4 Å². The second-order valence-electron chi connectivity index (χ2n) is 5.89. The highest BCUT2D eigenvalue weighted by atomic mass is 35.5. The van der Waals surface area contributed by atoms with Crippen LogP contribution in [0.5, 0.6) is 0 Å². The maximum Gasteiger partial charge on any atom is 0.370 e. The average molecular weight is 431 g/mol. The second kappa shape index (κ2) is 10.2. The van der Waals surface area contributed by atoms with Crippen molar-refractivity contribution in [2.24, 2.45) is 0 Å². The quantitative estimate of drug-likeness (QED) is 0.204. The minimum absolute atomic E-state index is 0.0874. The van der Waals surface area contributed by atoms with Gasteiger partial charge in [-0.2, -0.15) is 0 Å². The van der Waals surface area contributed by atoms with Crippen LogP contribution >= 0.6 is 11.6 Å². The van der Waals surface area contributed by atoms with Crippen LogP contribution in [0.25, 0.3) is 0 Å². The van der Waals surface area contributed by atoms with Gasteiger partial charge in [-0.15, -0.1) is 11.6 Å². The Morgan fingerprint density at radius 2 is 2.00 bits per heavy atom. The van der Waals surface area contributed by atoms with Gasteiger partial charge in [0.1, 0.15) is 18.3 Å². The monoisotopic (exact) mass is 430 g/mol. The molecule has 1 aliphatic rings. The lowest BCUT2D eigenvalue weighted by molar-refractivity contribution is -0.146. The van der Waals surface area contributed by atoms with Crippen molar-refractivity contribution in [3.63, 3.8) is 0 Å². The SMILES string of the molecule is CC(=O)N[C@H]1[C@H]([C@H](O)[C@H](O)CO)OC(C(=O)O)=C[C@@H]1NS(=O)(=O)CCCCl. The summed E-state index contributed by atoms with van der Waals surface area (Å²) in [5.74, 6) is -3.10. The van der Waals surface area contributed by atoms with Gasteiger partial charge < -0.3 is 30.5 Å². The molecule has 0 bridgehead atoms. The molecule has 0 radical (unpaired) electrons. The third-order valence-electron chi connectivity index (χ3n) is 3.70. The van der Waals surface area contributed by atoms with Gasteiger partial charge in [-0.3, -0.25) is 4.79 Å². The van der Waals surface area contributed by atoms with E-state index in [1.807, 2.05) is 0 Å². The zero-order valence-electron chi connectivity index (χ0n) is 14.4. The highest BCUT2D eigenvalue weighted by Crippen LogP contribution is 2.23. The number of aliphatic hydroxyl groups excluding tert-OH is 3. The van der Waals surface area contributed by atoms with Gasteiger partial charge >= 0.3 is 5.97 Å². The molecule has 27 heavy (non-hydrogen) atoms. The van der Waals surface area contributed by atoms with Crippen molar-refractivity contribution in [3.05, 3.63) is 11.8 Å². The van der Waals surface area contributed by atoms with Crippen LogP contribution in [0.15, 0.2) is 11.8 Å². The fourth-order valence-corrected chi connectivity index (χ4v) is 4.05.